The number of ether oxygens (including phenoxy) is 1. The lowest BCUT2D eigenvalue weighted by Crippen LogP contribution is -2.22. The number of amides is 1. The van der Waals surface area contributed by atoms with Crippen LogP contribution in [-0.4, -0.2) is 28.2 Å². The third kappa shape index (κ3) is 3.48. The van der Waals surface area contributed by atoms with E-state index in [9.17, 15) is 9.59 Å². The molecule has 2 aromatic rings. The van der Waals surface area contributed by atoms with Crippen LogP contribution >= 0.6 is 0 Å². The summed E-state index contributed by atoms with van der Waals surface area (Å²) in [7, 11) is 0. The highest BCUT2D eigenvalue weighted by Gasteiger charge is 2.32. The van der Waals surface area contributed by atoms with Crippen molar-refractivity contribution < 1.29 is 19.4 Å². The van der Waals surface area contributed by atoms with Gasteiger partial charge in [-0.15, -0.1) is 0 Å². The van der Waals surface area contributed by atoms with E-state index in [1.807, 2.05) is 6.07 Å². The highest BCUT2D eigenvalue weighted by atomic mass is 16.5. The quantitative estimate of drug-likeness (QED) is 0.744. The van der Waals surface area contributed by atoms with E-state index in [0.717, 1.165) is 48.7 Å². The summed E-state index contributed by atoms with van der Waals surface area (Å²) in [5.74, 6) is -0.483. The monoisotopic (exact) mass is 384 g/mol. The van der Waals surface area contributed by atoms with Crippen LogP contribution < -0.4 is 10.5 Å². The summed E-state index contributed by atoms with van der Waals surface area (Å²) in [6, 6.07) is 5.77. The molecule has 1 atom stereocenters. The number of fused-ring (bicyclic) bond motifs is 3. The molecule has 4 rings (SSSR count). The lowest BCUT2D eigenvalue weighted by atomic mass is 9.92. The van der Waals surface area contributed by atoms with Crippen LogP contribution in [0.2, 0.25) is 0 Å². The van der Waals surface area contributed by atoms with Gasteiger partial charge in [0.25, 0.3) is 0 Å². The van der Waals surface area contributed by atoms with Crippen molar-refractivity contribution in [3.63, 3.8) is 0 Å². The van der Waals surface area contributed by atoms with Crippen LogP contribution in [0.15, 0.2) is 18.2 Å². The van der Waals surface area contributed by atoms with E-state index in [0.29, 0.717) is 11.7 Å². The second-order valence-electron chi connectivity index (χ2n) is 8.15. The lowest BCUT2D eigenvalue weighted by molar-refractivity contribution is -0.139. The molecule has 150 valence electrons. The average molecular weight is 384 g/mol. The molecule has 1 aromatic carbocycles. The van der Waals surface area contributed by atoms with E-state index >= 15 is 0 Å². The molecule has 0 aliphatic heterocycles. The van der Waals surface area contributed by atoms with E-state index in [-0.39, 0.29) is 11.8 Å². The van der Waals surface area contributed by atoms with Crippen molar-refractivity contribution in [2.24, 2.45) is 11.7 Å². The number of hydrogen-bond acceptors (Lipinski definition) is 3. The summed E-state index contributed by atoms with van der Waals surface area (Å²) >= 11 is 0. The minimum Gasteiger partial charge on any atom is -0.481 e. The van der Waals surface area contributed by atoms with Crippen molar-refractivity contribution in [1.82, 2.24) is 4.57 Å². The first-order valence-electron chi connectivity index (χ1n) is 10.3. The molecule has 0 spiro atoms. The number of hydrogen-bond donors (Lipinski definition) is 2. The minimum atomic E-state index is -1.01. The number of aliphatic carboxylic acids is 1. The molecule has 1 unspecified atom stereocenters. The van der Waals surface area contributed by atoms with E-state index in [1.165, 1.54) is 31.4 Å². The fourth-order valence-electron chi connectivity index (χ4n) is 5.08. The molecule has 1 aromatic heterocycles. The Morgan fingerprint density at radius 3 is 2.61 bits per heavy atom. The van der Waals surface area contributed by atoms with Crippen molar-refractivity contribution in [2.75, 3.05) is 6.61 Å². The predicted octanol–water partition coefficient (Wildman–Crippen LogP) is 3.59. The Labute approximate surface area is 164 Å². The number of carbonyl (C=O) groups excluding carboxylic acids is 1. The summed E-state index contributed by atoms with van der Waals surface area (Å²) in [4.78, 5) is 23.4. The Balaban J connectivity index is 1.90. The van der Waals surface area contributed by atoms with Gasteiger partial charge in [0.1, 0.15) is 5.75 Å². The van der Waals surface area contributed by atoms with Gasteiger partial charge < -0.3 is 20.1 Å². The predicted molar refractivity (Wildman–Crippen MR) is 107 cm³/mol. The first-order chi connectivity index (χ1) is 13.6. The third-order valence-electron chi connectivity index (χ3n) is 6.32. The van der Waals surface area contributed by atoms with Crippen LogP contribution in [0.4, 0.5) is 0 Å². The maximum atomic E-state index is 12.3. The second-order valence-corrected chi connectivity index (χ2v) is 8.15. The molecule has 6 heteroatoms. The van der Waals surface area contributed by atoms with Crippen LogP contribution in [0.25, 0.3) is 10.9 Å². The maximum absolute atomic E-state index is 12.3. The maximum Gasteiger partial charge on any atom is 0.341 e. The van der Waals surface area contributed by atoms with Crippen molar-refractivity contribution in [1.29, 1.82) is 0 Å². The van der Waals surface area contributed by atoms with Crippen molar-refractivity contribution in [3.8, 4) is 5.75 Å². The molecule has 6 nitrogen and oxygen atoms in total. The van der Waals surface area contributed by atoms with E-state index < -0.39 is 12.6 Å². The molecule has 1 heterocycles. The zero-order valence-electron chi connectivity index (χ0n) is 16.2. The molecule has 28 heavy (non-hydrogen) atoms. The Morgan fingerprint density at radius 2 is 1.89 bits per heavy atom. The summed E-state index contributed by atoms with van der Waals surface area (Å²) in [5.41, 5.74) is 9.00. The van der Waals surface area contributed by atoms with Gasteiger partial charge in [-0.2, -0.15) is 0 Å². The number of primary amides is 1. The topological polar surface area (TPSA) is 94.6 Å². The normalized spacial score (nSPS) is 20.1. The standard InChI is InChI=1S/C22H28N2O4/c23-22(27)15-8-3-4-9-16-20(15)21-17(24(16)12-14-6-1-2-7-14)10-5-11-18(21)28-13-19(25)26/h5,10-11,14-15H,1-4,6-9,12-13H2,(H2,23,27)(H,25,26). The number of nitrogens with zero attached hydrogens (tertiary/aromatic N) is 1. The summed E-state index contributed by atoms with van der Waals surface area (Å²) in [5, 5.41) is 9.94. The van der Waals surface area contributed by atoms with E-state index in [2.05, 4.69) is 10.6 Å². The first-order valence-corrected chi connectivity index (χ1v) is 10.3. The van der Waals surface area contributed by atoms with E-state index in [4.69, 9.17) is 15.6 Å². The largest absolute Gasteiger partial charge is 0.481 e. The van der Waals surface area contributed by atoms with Crippen LogP contribution in [0.3, 0.4) is 0 Å². The summed E-state index contributed by atoms with van der Waals surface area (Å²) in [6.45, 7) is 0.544. The molecule has 0 saturated heterocycles. The molecule has 0 radical (unpaired) electrons. The van der Waals surface area contributed by atoms with Gasteiger partial charge in [-0.1, -0.05) is 25.3 Å². The van der Waals surface area contributed by atoms with Crippen molar-refractivity contribution >= 4 is 22.8 Å². The number of carboxylic acid groups (broad SMARTS) is 1. The average Bonchev–Trinajstić information content (AvgIpc) is 3.21. The van der Waals surface area contributed by atoms with Gasteiger partial charge in [-0.05, 0) is 55.7 Å². The van der Waals surface area contributed by atoms with Crippen LogP contribution in [-0.2, 0) is 22.6 Å². The number of carboxylic acids is 1. The molecule has 1 fully saturated rings. The van der Waals surface area contributed by atoms with Gasteiger partial charge in [-0.25, -0.2) is 4.79 Å². The highest BCUT2D eigenvalue weighted by Crippen LogP contribution is 2.43. The molecule has 1 saturated carbocycles. The number of rotatable bonds is 6. The van der Waals surface area contributed by atoms with Gasteiger partial charge >= 0.3 is 5.97 Å². The molecule has 2 aliphatic carbocycles. The molecule has 2 aliphatic rings. The van der Waals surface area contributed by atoms with E-state index in [1.54, 1.807) is 6.07 Å². The highest BCUT2D eigenvalue weighted by molar-refractivity contribution is 5.97. The van der Waals surface area contributed by atoms with Gasteiger partial charge in [0.2, 0.25) is 5.91 Å². The molecule has 0 bridgehead atoms. The number of benzene rings is 1. The Hall–Kier alpha value is -2.50. The fraction of sp³-hybridized carbons (Fsp3) is 0.545. The van der Waals surface area contributed by atoms with Crippen LogP contribution in [0.5, 0.6) is 5.75 Å². The molecule has 1 amide bonds. The molecule has 3 N–H and O–H groups in total. The Kier molecular flexibility index (Phi) is 5.29. The third-order valence-corrected chi connectivity index (χ3v) is 6.32. The van der Waals surface area contributed by atoms with Gasteiger partial charge in [0, 0.05) is 17.6 Å². The van der Waals surface area contributed by atoms with Crippen LogP contribution in [0.1, 0.15) is 62.1 Å². The Morgan fingerprint density at radius 1 is 1.14 bits per heavy atom. The number of nitrogens with two attached hydrogens (primary N) is 1. The number of carbonyl (C=O) groups is 2. The lowest BCUT2D eigenvalue weighted by Gasteiger charge is -2.16. The second kappa shape index (κ2) is 7.86. The van der Waals surface area contributed by atoms with Gasteiger partial charge in [0.05, 0.1) is 11.4 Å². The van der Waals surface area contributed by atoms with Gasteiger partial charge in [-0.3, -0.25) is 4.79 Å². The number of aromatic nitrogens is 1. The smallest absolute Gasteiger partial charge is 0.341 e. The fourth-order valence-corrected chi connectivity index (χ4v) is 5.08. The molecular weight excluding hydrogens is 356 g/mol. The van der Waals surface area contributed by atoms with Crippen LogP contribution in [0, 0.1) is 5.92 Å². The summed E-state index contributed by atoms with van der Waals surface area (Å²) in [6.07, 6.45) is 8.68. The zero-order valence-corrected chi connectivity index (χ0v) is 16.2. The van der Waals surface area contributed by atoms with Gasteiger partial charge in [0.15, 0.2) is 6.61 Å². The first kappa shape index (κ1) is 18.8. The Bertz CT molecular complexity index is 896. The molecular formula is C22H28N2O4. The van der Waals surface area contributed by atoms with Crippen molar-refractivity contribution in [3.05, 3.63) is 29.5 Å². The SMILES string of the molecule is NC(=O)C1CCCCc2c1c1c(OCC(=O)O)cccc1n2CC1CCCC1. The minimum absolute atomic E-state index is 0.309. The van der Waals surface area contributed by atoms with Crippen molar-refractivity contribution in [2.45, 2.75) is 63.8 Å². The zero-order chi connectivity index (χ0) is 19.7. The summed E-state index contributed by atoms with van der Waals surface area (Å²) < 4.78 is 8.00.